The Bertz CT molecular complexity index is 1150. The van der Waals surface area contributed by atoms with Gasteiger partial charge < -0.3 is 10.1 Å². The minimum Gasteiger partial charge on any atom is -0.465 e. The van der Waals surface area contributed by atoms with Crippen molar-refractivity contribution in [3.63, 3.8) is 0 Å². The van der Waals surface area contributed by atoms with Gasteiger partial charge in [-0.1, -0.05) is 50.7 Å². The lowest BCUT2D eigenvalue weighted by Gasteiger charge is -2.33. The largest absolute Gasteiger partial charge is 0.465 e. The predicted molar refractivity (Wildman–Crippen MR) is 129 cm³/mol. The van der Waals surface area contributed by atoms with Gasteiger partial charge in [-0.15, -0.1) is 16.4 Å². The quantitative estimate of drug-likeness (QED) is 0.408. The number of carbonyl (C=O) groups is 2. The second-order valence-corrected chi connectivity index (χ2v) is 11.1. The van der Waals surface area contributed by atoms with E-state index >= 15 is 0 Å². The maximum atomic E-state index is 12.8. The molecule has 1 atom stereocenters. The fraction of sp³-hybridized carbons (Fsp3) is 0.435. The summed E-state index contributed by atoms with van der Waals surface area (Å²) in [6.07, 6.45) is 2.74. The monoisotopic (exact) mass is 485 g/mol. The van der Waals surface area contributed by atoms with Crippen LogP contribution in [0.4, 0.5) is 5.00 Å². The van der Waals surface area contributed by atoms with Crippen molar-refractivity contribution in [1.82, 2.24) is 20.2 Å². The van der Waals surface area contributed by atoms with Crippen LogP contribution < -0.4 is 5.32 Å². The molecule has 33 heavy (non-hydrogen) atoms. The highest BCUT2D eigenvalue weighted by molar-refractivity contribution is 7.99. The fourth-order valence-electron chi connectivity index (χ4n) is 4.02. The molecule has 1 N–H and O–H groups in total. The van der Waals surface area contributed by atoms with Gasteiger partial charge in [0.15, 0.2) is 0 Å². The maximum Gasteiger partial charge on any atom is 0.341 e. The van der Waals surface area contributed by atoms with E-state index in [1.807, 2.05) is 30.3 Å². The molecule has 2 aromatic heterocycles. The van der Waals surface area contributed by atoms with Crippen LogP contribution in [0.15, 0.2) is 35.5 Å². The van der Waals surface area contributed by atoms with Crippen molar-refractivity contribution < 1.29 is 14.3 Å². The van der Waals surface area contributed by atoms with Gasteiger partial charge in [-0.3, -0.25) is 4.79 Å². The maximum absolute atomic E-state index is 12.8. The van der Waals surface area contributed by atoms with Gasteiger partial charge in [0.1, 0.15) is 5.00 Å². The van der Waals surface area contributed by atoms with E-state index in [1.54, 1.807) is 4.68 Å². The van der Waals surface area contributed by atoms with E-state index in [0.717, 1.165) is 35.4 Å². The third-order valence-corrected chi connectivity index (χ3v) is 8.00. The normalized spacial score (nSPS) is 15.7. The van der Waals surface area contributed by atoms with Gasteiger partial charge in [-0.2, -0.15) is 4.68 Å². The number of esters is 1. The summed E-state index contributed by atoms with van der Waals surface area (Å²) in [5.41, 5.74) is 2.52. The number of rotatable bonds is 6. The SMILES string of the molecule is COC(=O)c1c(NC(=O)CSc2nnnn2-c2ccccc2)sc2c1CC[C@@H](C(C)(C)C)C2. The van der Waals surface area contributed by atoms with E-state index in [1.165, 1.54) is 30.2 Å². The van der Waals surface area contributed by atoms with Gasteiger partial charge in [0.25, 0.3) is 0 Å². The lowest BCUT2D eigenvalue weighted by molar-refractivity contribution is -0.113. The van der Waals surface area contributed by atoms with Crippen molar-refractivity contribution >= 4 is 40.0 Å². The van der Waals surface area contributed by atoms with Crippen molar-refractivity contribution in [3.05, 3.63) is 46.3 Å². The second-order valence-electron chi connectivity index (χ2n) is 9.05. The Labute approximate surface area is 201 Å². The molecule has 0 bridgehead atoms. The molecule has 0 aliphatic heterocycles. The Morgan fingerprint density at radius 1 is 1.27 bits per heavy atom. The Hall–Kier alpha value is -2.72. The number of thioether (sulfide) groups is 1. The highest BCUT2D eigenvalue weighted by Crippen LogP contribution is 2.44. The average Bonchev–Trinajstić information content (AvgIpc) is 3.41. The molecule has 0 unspecified atom stereocenters. The van der Waals surface area contributed by atoms with Gasteiger partial charge >= 0.3 is 5.97 Å². The molecular formula is C23H27N5O3S2. The molecule has 8 nitrogen and oxygen atoms in total. The lowest BCUT2D eigenvalue weighted by Crippen LogP contribution is -2.26. The average molecular weight is 486 g/mol. The Kier molecular flexibility index (Phi) is 6.85. The van der Waals surface area contributed by atoms with E-state index in [4.69, 9.17) is 4.74 Å². The number of benzene rings is 1. The van der Waals surface area contributed by atoms with E-state index in [0.29, 0.717) is 21.6 Å². The summed E-state index contributed by atoms with van der Waals surface area (Å²) in [5, 5.41) is 15.8. The zero-order valence-corrected chi connectivity index (χ0v) is 20.8. The molecule has 1 aromatic carbocycles. The second kappa shape index (κ2) is 9.64. The number of aromatic nitrogens is 4. The van der Waals surface area contributed by atoms with Crippen LogP contribution >= 0.6 is 23.1 Å². The number of hydrogen-bond donors (Lipinski definition) is 1. The predicted octanol–water partition coefficient (Wildman–Crippen LogP) is 4.39. The number of anilines is 1. The molecule has 0 radical (unpaired) electrons. The van der Waals surface area contributed by atoms with Crippen molar-refractivity contribution in [3.8, 4) is 5.69 Å². The number of ether oxygens (including phenoxy) is 1. The van der Waals surface area contributed by atoms with Crippen molar-refractivity contribution in [2.75, 3.05) is 18.2 Å². The van der Waals surface area contributed by atoms with Crippen LogP contribution in [0.25, 0.3) is 5.69 Å². The van der Waals surface area contributed by atoms with Crippen molar-refractivity contribution in [2.45, 2.75) is 45.2 Å². The Morgan fingerprint density at radius 3 is 2.73 bits per heavy atom. The number of carbonyl (C=O) groups excluding carboxylic acids is 2. The number of thiophene rings is 1. The summed E-state index contributed by atoms with van der Waals surface area (Å²) >= 11 is 2.73. The zero-order chi connectivity index (χ0) is 23.6. The van der Waals surface area contributed by atoms with Crippen molar-refractivity contribution in [2.24, 2.45) is 11.3 Å². The molecule has 0 saturated heterocycles. The molecule has 2 heterocycles. The summed E-state index contributed by atoms with van der Waals surface area (Å²) in [6, 6.07) is 9.50. The van der Waals surface area contributed by atoms with Crippen LogP contribution in [-0.4, -0.2) is 44.9 Å². The van der Waals surface area contributed by atoms with Gasteiger partial charge in [-0.25, -0.2) is 4.79 Å². The first-order valence-electron chi connectivity index (χ1n) is 10.8. The first-order chi connectivity index (χ1) is 15.8. The number of amides is 1. The molecule has 4 rings (SSSR count). The molecular weight excluding hydrogens is 458 g/mol. The van der Waals surface area contributed by atoms with Crippen LogP contribution in [0, 0.1) is 11.3 Å². The molecule has 10 heteroatoms. The van der Waals surface area contributed by atoms with E-state index < -0.39 is 5.97 Å². The number of nitrogens with one attached hydrogen (secondary N) is 1. The first kappa shape index (κ1) is 23.4. The minimum absolute atomic E-state index is 0.112. The number of fused-ring (bicyclic) bond motifs is 1. The number of tetrazole rings is 1. The number of methoxy groups -OCH3 is 1. The Balaban J connectivity index is 1.49. The summed E-state index contributed by atoms with van der Waals surface area (Å²) in [7, 11) is 1.37. The molecule has 1 amide bonds. The molecule has 3 aromatic rings. The lowest BCUT2D eigenvalue weighted by atomic mass is 9.72. The summed E-state index contributed by atoms with van der Waals surface area (Å²) in [6.45, 7) is 6.75. The highest BCUT2D eigenvalue weighted by atomic mass is 32.2. The van der Waals surface area contributed by atoms with Crippen LogP contribution in [0.1, 0.15) is 48.0 Å². The topological polar surface area (TPSA) is 99.0 Å². The third-order valence-electron chi connectivity index (χ3n) is 5.91. The van der Waals surface area contributed by atoms with E-state index in [-0.39, 0.29) is 17.1 Å². The number of nitrogens with zero attached hydrogens (tertiary/aromatic N) is 4. The fourth-order valence-corrected chi connectivity index (χ4v) is 6.05. The standard InChI is InChI=1S/C23H27N5O3S2/c1-23(2,3)14-10-11-16-17(12-14)33-20(19(16)21(30)31-4)24-18(29)13-32-22-25-26-27-28(22)15-8-6-5-7-9-15/h5-9,14H,10-13H2,1-4H3,(H,24,29)/t14-/m1/s1. The molecule has 174 valence electrons. The van der Waals surface area contributed by atoms with Gasteiger partial charge in [0, 0.05) is 4.88 Å². The molecule has 0 fully saturated rings. The molecule has 0 saturated carbocycles. The van der Waals surface area contributed by atoms with Gasteiger partial charge in [0.05, 0.1) is 24.1 Å². The van der Waals surface area contributed by atoms with Crippen LogP contribution in [0.2, 0.25) is 0 Å². The number of para-hydroxylation sites is 1. The Morgan fingerprint density at radius 2 is 2.03 bits per heavy atom. The van der Waals surface area contributed by atoms with E-state index in [2.05, 4.69) is 41.6 Å². The van der Waals surface area contributed by atoms with Gasteiger partial charge in [0.2, 0.25) is 11.1 Å². The molecule has 0 spiro atoms. The van der Waals surface area contributed by atoms with E-state index in [9.17, 15) is 9.59 Å². The summed E-state index contributed by atoms with van der Waals surface area (Å²) < 4.78 is 6.63. The third kappa shape index (κ3) is 5.11. The van der Waals surface area contributed by atoms with Crippen molar-refractivity contribution in [1.29, 1.82) is 0 Å². The van der Waals surface area contributed by atoms with Crippen LogP contribution in [-0.2, 0) is 22.4 Å². The first-order valence-corrected chi connectivity index (χ1v) is 12.6. The number of hydrogen-bond acceptors (Lipinski definition) is 8. The van der Waals surface area contributed by atoms with Crippen LogP contribution in [0.3, 0.4) is 0 Å². The highest BCUT2D eigenvalue weighted by Gasteiger charge is 2.34. The van der Waals surface area contributed by atoms with Crippen LogP contribution in [0.5, 0.6) is 0 Å². The molecule has 1 aliphatic rings. The smallest absolute Gasteiger partial charge is 0.341 e. The minimum atomic E-state index is -0.405. The zero-order valence-electron chi connectivity index (χ0n) is 19.1. The summed E-state index contributed by atoms with van der Waals surface area (Å²) in [4.78, 5) is 26.5. The summed E-state index contributed by atoms with van der Waals surface area (Å²) in [5.74, 6) is 0.0163. The van der Waals surface area contributed by atoms with Gasteiger partial charge in [-0.05, 0) is 58.7 Å². The molecule has 1 aliphatic carbocycles.